The fraction of sp³-hybridized carbons (Fsp3) is 0.471. The number of hydrogen-bond donors (Lipinski definition) is 1. The molecule has 6 nitrogen and oxygen atoms in total. The molecule has 1 saturated heterocycles. The lowest BCUT2D eigenvalue weighted by Gasteiger charge is -2.25. The Kier molecular flexibility index (Phi) is 4.60. The molecule has 1 unspecified atom stereocenters. The number of nitrogens with zero attached hydrogens (tertiary/aromatic N) is 1. The largest absolute Gasteiger partial charge is 0.493 e. The maximum Gasteiger partial charge on any atom is 0.229 e. The highest BCUT2D eigenvalue weighted by Crippen LogP contribution is 2.26. The van der Waals surface area contributed by atoms with Gasteiger partial charge in [-0.1, -0.05) is 18.2 Å². The van der Waals surface area contributed by atoms with E-state index in [0.717, 1.165) is 17.7 Å². The summed E-state index contributed by atoms with van der Waals surface area (Å²) >= 11 is 0. The molecular formula is C17H20N2O4. The molecule has 3 amide bonds. The van der Waals surface area contributed by atoms with Gasteiger partial charge in [0.15, 0.2) is 0 Å². The predicted octanol–water partition coefficient (Wildman–Crippen LogP) is 0.893. The lowest BCUT2D eigenvalue weighted by atomic mass is 9.97. The quantitative estimate of drug-likeness (QED) is 0.819. The summed E-state index contributed by atoms with van der Waals surface area (Å²) in [5.74, 6) is 0.654. The van der Waals surface area contributed by atoms with Crippen LogP contribution < -0.4 is 10.1 Å². The van der Waals surface area contributed by atoms with E-state index in [4.69, 9.17) is 4.74 Å². The molecule has 6 heteroatoms. The summed E-state index contributed by atoms with van der Waals surface area (Å²) in [6, 6.07) is 7.91. The average Bonchev–Trinajstić information content (AvgIpc) is 2.89. The lowest BCUT2D eigenvalue weighted by molar-refractivity contribution is -0.138. The molecule has 1 aromatic carbocycles. The number of nitrogens with one attached hydrogen (secondary N) is 1. The van der Waals surface area contributed by atoms with Gasteiger partial charge in [0.2, 0.25) is 17.7 Å². The number of imide groups is 1. The van der Waals surface area contributed by atoms with E-state index in [9.17, 15) is 14.4 Å². The topological polar surface area (TPSA) is 75.7 Å². The summed E-state index contributed by atoms with van der Waals surface area (Å²) in [6.07, 6.45) is 1.56. The number of fused-ring (bicyclic) bond motifs is 1. The number of amides is 3. The van der Waals surface area contributed by atoms with Crippen LogP contribution in [0.3, 0.4) is 0 Å². The second-order valence-corrected chi connectivity index (χ2v) is 5.98. The van der Waals surface area contributed by atoms with Crippen molar-refractivity contribution in [3.63, 3.8) is 0 Å². The first-order valence-corrected chi connectivity index (χ1v) is 7.94. The van der Waals surface area contributed by atoms with Crippen molar-refractivity contribution < 1.29 is 19.1 Å². The van der Waals surface area contributed by atoms with Crippen molar-refractivity contribution in [2.75, 3.05) is 19.7 Å². The van der Waals surface area contributed by atoms with E-state index in [2.05, 4.69) is 5.32 Å². The Morgan fingerprint density at radius 1 is 1.22 bits per heavy atom. The highest BCUT2D eigenvalue weighted by atomic mass is 16.5. The summed E-state index contributed by atoms with van der Waals surface area (Å²) in [5.41, 5.74) is 1.16. The van der Waals surface area contributed by atoms with Crippen LogP contribution in [-0.4, -0.2) is 42.3 Å². The first kappa shape index (κ1) is 15.5. The van der Waals surface area contributed by atoms with Gasteiger partial charge in [-0.25, -0.2) is 0 Å². The number of carbonyl (C=O) groups is 3. The molecule has 0 aliphatic carbocycles. The van der Waals surface area contributed by atoms with Crippen molar-refractivity contribution in [1.82, 2.24) is 10.2 Å². The van der Waals surface area contributed by atoms with E-state index in [-0.39, 0.29) is 49.4 Å². The molecule has 2 aliphatic rings. The van der Waals surface area contributed by atoms with Crippen LogP contribution in [-0.2, 0) is 20.8 Å². The fourth-order valence-electron chi connectivity index (χ4n) is 2.95. The second kappa shape index (κ2) is 6.81. The first-order valence-electron chi connectivity index (χ1n) is 7.94. The van der Waals surface area contributed by atoms with Crippen LogP contribution in [0.25, 0.3) is 0 Å². The maximum absolute atomic E-state index is 11.9. The molecule has 2 heterocycles. The van der Waals surface area contributed by atoms with Crippen molar-refractivity contribution in [2.24, 2.45) is 5.92 Å². The molecule has 0 saturated carbocycles. The zero-order valence-electron chi connectivity index (χ0n) is 12.9. The SMILES string of the molecule is O=C(CCN1C(=O)CCC1=O)NCC1COc2ccccc2C1. The van der Waals surface area contributed by atoms with Crippen molar-refractivity contribution in [3.8, 4) is 5.75 Å². The van der Waals surface area contributed by atoms with Crippen molar-refractivity contribution in [1.29, 1.82) is 0 Å². The van der Waals surface area contributed by atoms with E-state index >= 15 is 0 Å². The van der Waals surface area contributed by atoms with Gasteiger partial charge >= 0.3 is 0 Å². The zero-order chi connectivity index (χ0) is 16.2. The summed E-state index contributed by atoms with van der Waals surface area (Å²) in [5, 5.41) is 2.87. The standard InChI is InChI=1S/C17H20N2O4/c20-15(7-8-19-16(21)5-6-17(19)22)18-10-12-9-13-3-1-2-4-14(13)23-11-12/h1-4,12H,5-11H2,(H,18,20). The number of ether oxygens (including phenoxy) is 1. The number of carbonyl (C=O) groups excluding carboxylic acids is 3. The number of benzene rings is 1. The average molecular weight is 316 g/mol. The third-order valence-electron chi connectivity index (χ3n) is 4.26. The Bertz CT molecular complexity index is 613. The van der Waals surface area contributed by atoms with Crippen LogP contribution in [0.5, 0.6) is 5.75 Å². The van der Waals surface area contributed by atoms with Gasteiger partial charge in [-0.15, -0.1) is 0 Å². The van der Waals surface area contributed by atoms with E-state index in [0.29, 0.717) is 13.2 Å². The summed E-state index contributed by atoms with van der Waals surface area (Å²) in [7, 11) is 0. The third kappa shape index (κ3) is 3.70. The third-order valence-corrected chi connectivity index (χ3v) is 4.26. The number of likely N-dealkylation sites (tertiary alicyclic amines) is 1. The van der Waals surface area contributed by atoms with Crippen molar-refractivity contribution in [3.05, 3.63) is 29.8 Å². The van der Waals surface area contributed by atoms with Crippen LogP contribution in [0.2, 0.25) is 0 Å². The second-order valence-electron chi connectivity index (χ2n) is 5.98. The minimum Gasteiger partial charge on any atom is -0.493 e. The van der Waals surface area contributed by atoms with Gasteiger partial charge in [-0.3, -0.25) is 19.3 Å². The number of hydrogen-bond acceptors (Lipinski definition) is 4. The Hall–Kier alpha value is -2.37. The molecule has 23 heavy (non-hydrogen) atoms. The molecule has 3 rings (SSSR count). The minimum atomic E-state index is -0.180. The molecule has 1 N–H and O–H groups in total. The molecule has 0 radical (unpaired) electrons. The van der Waals surface area contributed by atoms with E-state index in [1.165, 1.54) is 4.90 Å². The van der Waals surface area contributed by atoms with Gasteiger partial charge in [-0.05, 0) is 18.1 Å². The van der Waals surface area contributed by atoms with E-state index in [1.807, 2.05) is 24.3 Å². The van der Waals surface area contributed by atoms with Gasteiger partial charge in [-0.2, -0.15) is 0 Å². The number of rotatable bonds is 5. The Balaban J connectivity index is 1.41. The molecule has 0 spiro atoms. The number of para-hydroxylation sites is 1. The molecule has 1 fully saturated rings. The van der Waals surface area contributed by atoms with E-state index < -0.39 is 0 Å². The summed E-state index contributed by atoms with van der Waals surface area (Å²) in [4.78, 5) is 36.0. The summed E-state index contributed by atoms with van der Waals surface area (Å²) in [6.45, 7) is 1.29. The van der Waals surface area contributed by atoms with Gasteiger partial charge in [0, 0.05) is 38.3 Å². The molecule has 1 aromatic rings. The highest BCUT2D eigenvalue weighted by molar-refractivity contribution is 6.02. The van der Waals surface area contributed by atoms with Gasteiger partial charge in [0.25, 0.3) is 0 Å². The minimum absolute atomic E-state index is 0.142. The molecule has 122 valence electrons. The molecule has 1 atom stereocenters. The molecular weight excluding hydrogens is 296 g/mol. The smallest absolute Gasteiger partial charge is 0.229 e. The Morgan fingerprint density at radius 2 is 1.96 bits per heavy atom. The molecule has 0 aromatic heterocycles. The van der Waals surface area contributed by atoms with Crippen molar-refractivity contribution in [2.45, 2.75) is 25.7 Å². The maximum atomic E-state index is 11.9. The predicted molar refractivity (Wildman–Crippen MR) is 82.7 cm³/mol. The summed E-state index contributed by atoms with van der Waals surface area (Å²) < 4.78 is 5.69. The zero-order valence-corrected chi connectivity index (χ0v) is 12.9. The monoisotopic (exact) mass is 316 g/mol. The van der Waals surface area contributed by atoms with Crippen LogP contribution in [0.15, 0.2) is 24.3 Å². The van der Waals surface area contributed by atoms with E-state index in [1.54, 1.807) is 0 Å². The van der Waals surface area contributed by atoms with Crippen molar-refractivity contribution >= 4 is 17.7 Å². The highest BCUT2D eigenvalue weighted by Gasteiger charge is 2.29. The normalized spacial score (nSPS) is 20.2. The van der Waals surface area contributed by atoms with Gasteiger partial charge in [0.05, 0.1) is 6.61 Å². The van der Waals surface area contributed by atoms with Crippen LogP contribution in [0.4, 0.5) is 0 Å². The van der Waals surface area contributed by atoms with Gasteiger partial charge in [0.1, 0.15) is 5.75 Å². The molecule has 2 aliphatic heterocycles. The molecule has 0 bridgehead atoms. The van der Waals surface area contributed by atoms with Crippen LogP contribution in [0, 0.1) is 5.92 Å². The van der Waals surface area contributed by atoms with Gasteiger partial charge < -0.3 is 10.1 Å². The Labute approximate surface area is 134 Å². The van der Waals surface area contributed by atoms with Crippen LogP contribution in [0.1, 0.15) is 24.8 Å². The first-order chi connectivity index (χ1) is 11.1. The Morgan fingerprint density at radius 3 is 2.74 bits per heavy atom. The lowest BCUT2D eigenvalue weighted by Crippen LogP contribution is -2.37. The van der Waals surface area contributed by atoms with Crippen LogP contribution >= 0.6 is 0 Å². The fourth-order valence-corrected chi connectivity index (χ4v) is 2.95.